The van der Waals surface area contributed by atoms with Gasteiger partial charge in [0.15, 0.2) is 6.10 Å². The number of hydrogen-bond acceptors (Lipinski definition) is 3. The van der Waals surface area contributed by atoms with Crippen molar-refractivity contribution < 1.29 is 9.53 Å². The quantitative estimate of drug-likeness (QED) is 0.788. The summed E-state index contributed by atoms with van der Waals surface area (Å²) in [4.78, 5) is 12.0. The van der Waals surface area contributed by atoms with Crippen molar-refractivity contribution in [2.45, 2.75) is 19.4 Å². The highest BCUT2D eigenvalue weighted by molar-refractivity contribution is 6.42. The number of benzene rings is 1. The van der Waals surface area contributed by atoms with E-state index in [4.69, 9.17) is 27.9 Å². The van der Waals surface area contributed by atoms with Crippen molar-refractivity contribution in [3.05, 3.63) is 39.9 Å². The van der Waals surface area contributed by atoms with Crippen LogP contribution in [0, 0.1) is 0 Å². The Labute approximate surface area is 146 Å². The van der Waals surface area contributed by atoms with E-state index in [0.717, 1.165) is 19.5 Å². The molecule has 0 radical (unpaired) electrons. The van der Waals surface area contributed by atoms with Gasteiger partial charge in [-0.05, 0) is 32.0 Å². The molecule has 1 atom stereocenters. The van der Waals surface area contributed by atoms with Gasteiger partial charge in [-0.3, -0.25) is 4.79 Å². The minimum Gasteiger partial charge on any atom is -0.479 e. The van der Waals surface area contributed by atoms with Crippen LogP contribution >= 0.6 is 35.6 Å². The summed E-state index contributed by atoms with van der Waals surface area (Å²) in [7, 11) is 0. The van der Waals surface area contributed by atoms with Crippen LogP contribution in [0.15, 0.2) is 29.8 Å². The van der Waals surface area contributed by atoms with E-state index in [9.17, 15) is 4.79 Å². The van der Waals surface area contributed by atoms with E-state index in [0.29, 0.717) is 22.3 Å². The zero-order valence-electron chi connectivity index (χ0n) is 12.2. The van der Waals surface area contributed by atoms with E-state index < -0.39 is 6.10 Å². The molecule has 7 heteroatoms. The molecule has 1 aromatic carbocycles. The van der Waals surface area contributed by atoms with Crippen molar-refractivity contribution in [2.24, 2.45) is 0 Å². The Morgan fingerprint density at radius 1 is 1.45 bits per heavy atom. The highest BCUT2D eigenvalue weighted by Crippen LogP contribution is 2.32. The molecule has 0 saturated carbocycles. The van der Waals surface area contributed by atoms with E-state index in [-0.39, 0.29) is 18.3 Å². The summed E-state index contributed by atoms with van der Waals surface area (Å²) >= 11 is 11.9. The van der Waals surface area contributed by atoms with Crippen molar-refractivity contribution in [3.63, 3.8) is 0 Å². The molecule has 2 N–H and O–H groups in total. The van der Waals surface area contributed by atoms with Crippen LogP contribution in [0.3, 0.4) is 0 Å². The van der Waals surface area contributed by atoms with E-state index >= 15 is 0 Å². The lowest BCUT2D eigenvalue weighted by Gasteiger charge is -2.18. The number of rotatable bonds is 5. The fourth-order valence-electron chi connectivity index (χ4n) is 1.99. The van der Waals surface area contributed by atoms with Crippen LogP contribution in [0.1, 0.15) is 13.3 Å². The highest BCUT2D eigenvalue weighted by Gasteiger charge is 2.17. The number of ether oxygens (including phenoxy) is 1. The van der Waals surface area contributed by atoms with Gasteiger partial charge in [-0.2, -0.15) is 0 Å². The zero-order valence-corrected chi connectivity index (χ0v) is 14.5. The van der Waals surface area contributed by atoms with Gasteiger partial charge in [0, 0.05) is 13.1 Å². The van der Waals surface area contributed by atoms with Crippen molar-refractivity contribution >= 4 is 41.5 Å². The summed E-state index contributed by atoms with van der Waals surface area (Å²) in [5, 5.41) is 6.82. The molecule has 0 aromatic heterocycles. The average Bonchev–Trinajstić information content (AvgIpc) is 2.50. The van der Waals surface area contributed by atoms with Crippen LogP contribution in [-0.2, 0) is 4.79 Å². The maximum Gasteiger partial charge on any atom is 0.261 e. The molecule has 0 bridgehead atoms. The zero-order chi connectivity index (χ0) is 15.2. The van der Waals surface area contributed by atoms with Crippen LogP contribution in [0.5, 0.6) is 5.75 Å². The second-order valence-electron chi connectivity index (χ2n) is 4.85. The maximum absolute atomic E-state index is 12.0. The van der Waals surface area contributed by atoms with Crippen molar-refractivity contribution in [1.29, 1.82) is 0 Å². The van der Waals surface area contributed by atoms with Gasteiger partial charge in [0.1, 0.15) is 10.8 Å². The van der Waals surface area contributed by atoms with Crippen molar-refractivity contribution in [1.82, 2.24) is 10.6 Å². The van der Waals surface area contributed by atoms with Crippen molar-refractivity contribution in [3.8, 4) is 5.75 Å². The maximum atomic E-state index is 12.0. The molecular weight excluding hydrogens is 347 g/mol. The number of carbonyl (C=O) groups is 1. The summed E-state index contributed by atoms with van der Waals surface area (Å²) in [5.74, 6) is 0.235. The van der Waals surface area contributed by atoms with E-state index in [1.54, 1.807) is 25.1 Å². The molecule has 1 aliphatic heterocycles. The van der Waals surface area contributed by atoms with Gasteiger partial charge >= 0.3 is 0 Å². The molecule has 0 aliphatic carbocycles. The predicted octanol–water partition coefficient (Wildman–Crippen LogP) is 3.22. The van der Waals surface area contributed by atoms with Gasteiger partial charge in [-0.1, -0.05) is 40.9 Å². The SMILES string of the molecule is CC(Oc1cccc(Cl)c1Cl)C(=O)NCC1=CCNCC1.Cl. The molecule has 0 fully saturated rings. The lowest BCUT2D eigenvalue weighted by molar-refractivity contribution is -0.127. The molecule has 1 amide bonds. The van der Waals surface area contributed by atoms with E-state index in [1.165, 1.54) is 5.57 Å². The first-order chi connectivity index (χ1) is 10.1. The minimum atomic E-state index is -0.636. The molecule has 1 unspecified atom stereocenters. The Morgan fingerprint density at radius 2 is 2.23 bits per heavy atom. The van der Waals surface area contributed by atoms with Crippen LogP contribution in [0.2, 0.25) is 10.0 Å². The summed E-state index contributed by atoms with van der Waals surface area (Å²) < 4.78 is 5.57. The predicted molar refractivity (Wildman–Crippen MR) is 92.4 cm³/mol. The fraction of sp³-hybridized carbons (Fsp3) is 0.400. The van der Waals surface area contributed by atoms with Gasteiger partial charge in [0.05, 0.1) is 5.02 Å². The molecule has 22 heavy (non-hydrogen) atoms. The second kappa shape index (κ2) is 9.26. The largest absolute Gasteiger partial charge is 0.479 e. The topological polar surface area (TPSA) is 50.4 Å². The number of amides is 1. The Kier molecular flexibility index (Phi) is 8.04. The second-order valence-corrected chi connectivity index (χ2v) is 5.63. The van der Waals surface area contributed by atoms with Gasteiger partial charge < -0.3 is 15.4 Å². The van der Waals surface area contributed by atoms with Crippen molar-refractivity contribution in [2.75, 3.05) is 19.6 Å². The van der Waals surface area contributed by atoms with Gasteiger partial charge in [-0.15, -0.1) is 12.4 Å². The first-order valence-corrected chi connectivity index (χ1v) is 7.60. The standard InChI is InChI=1S/C15H18Cl2N2O2.ClH/c1-10(21-13-4-2-3-12(16)14(13)17)15(20)19-9-11-5-7-18-8-6-11;/h2-5,10,18H,6-9H2,1H3,(H,19,20);1H. The molecule has 122 valence electrons. The average molecular weight is 366 g/mol. The first-order valence-electron chi connectivity index (χ1n) is 6.85. The summed E-state index contributed by atoms with van der Waals surface area (Å²) in [6, 6.07) is 5.09. The summed E-state index contributed by atoms with van der Waals surface area (Å²) in [5.41, 5.74) is 1.23. The van der Waals surface area contributed by atoms with E-state index in [1.807, 2.05) is 0 Å². The van der Waals surface area contributed by atoms with Crippen LogP contribution in [0.25, 0.3) is 0 Å². The minimum absolute atomic E-state index is 0. The smallest absolute Gasteiger partial charge is 0.261 e. The van der Waals surface area contributed by atoms with E-state index in [2.05, 4.69) is 16.7 Å². The number of nitrogens with one attached hydrogen (secondary N) is 2. The summed E-state index contributed by atoms with van der Waals surface area (Å²) in [6.45, 7) is 4.04. The Hall–Kier alpha value is -0.940. The molecule has 4 nitrogen and oxygen atoms in total. The van der Waals surface area contributed by atoms with Crippen LogP contribution < -0.4 is 15.4 Å². The lowest BCUT2D eigenvalue weighted by Crippen LogP contribution is -2.38. The van der Waals surface area contributed by atoms with Gasteiger partial charge in [0.2, 0.25) is 0 Å². The number of halogens is 3. The number of hydrogen-bond donors (Lipinski definition) is 2. The monoisotopic (exact) mass is 364 g/mol. The van der Waals surface area contributed by atoms with Gasteiger partial charge in [0.25, 0.3) is 5.91 Å². The van der Waals surface area contributed by atoms with Gasteiger partial charge in [-0.25, -0.2) is 0 Å². The first kappa shape index (κ1) is 19.1. The molecule has 1 heterocycles. The Morgan fingerprint density at radius 3 is 2.91 bits per heavy atom. The molecule has 0 saturated heterocycles. The molecule has 0 spiro atoms. The third kappa shape index (κ3) is 5.36. The lowest BCUT2D eigenvalue weighted by atomic mass is 10.1. The fourth-order valence-corrected chi connectivity index (χ4v) is 2.33. The molecule has 1 aromatic rings. The number of carbonyl (C=O) groups excluding carboxylic acids is 1. The highest BCUT2D eigenvalue weighted by atomic mass is 35.5. The third-order valence-electron chi connectivity index (χ3n) is 3.24. The molecular formula is C15H19Cl3N2O2. The Bertz CT molecular complexity index is 550. The molecule has 1 aliphatic rings. The molecule has 2 rings (SSSR count). The van der Waals surface area contributed by atoms with Crippen LogP contribution in [-0.4, -0.2) is 31.6 Å². The van der Waals surface area contributed by atoms with Crippen LogP contribution in [0.4, 0.5) is 0 Å². The Balaban J connectivity index is 0.00000242. The third-order valence-corrected chi connectivity index (χ3v) is 4.04. The normalized spacial score (nSPS) is 15.3. The summed E-state index contributed by atoms with van der Waals surface area (Å²) in [6.07, 6.45) is 2.42.